The maximum atomic E-state index is 10.9. The van der Waals surface area contributed by atoms with E-state index in [1.54, 1.807) is 11.8 Å². The minimum Gasteiger partial charge on any atom is -0.480 e. The molecule has 0 spiro atoms. The average molecular weight is 272 g/mol. The van der Waals surface area contributed by atoms with Crippen LogP contribution in [0, 0.1) is 6.92 Å². The number of carboxylic acids is 1. The van der Waals surface area contributed by atoms with Crippen molar-refractivity contribution in [3.8, 4) is 0 Å². The number of anilines is 1. The summed E-state index contributed by atoms with van der Waals surface area (Å²) in [6.45, 7) is 4.81. The Morgan fingerprint density at radius 3 is 3.00 bits per heavy atom. The van der Waals surface area contributed by atoms with E-state index in [0.717, 1.165) is 16.1 Å². The van der Waals surface area contributed by atoms with Gasteiger partial charge in [-0.3, -0.25) is 4.79 Å². The summed E-state index contributed by atoms with van der Waals surface area (Å²) in [6.07, 6.45) is 0. The van der Waals surface area contributed by atoms with Crippen LogP contribution in [0.1, 0.15) is 12.5 Å². The highest BCUT2D eigenvalue weighted by Crippen LogP contribution is 2.43. The first-order valence-corrected chi connectivity index (χ1v) is 6.66. The molecule has 92 valence electrons. The second-order valence-electron chi connectivity index (χ2n) is 4.30. The standard InChI is InChI=1S/C12H14ClNO2S/c1-7-3-9(13)12-10(4-7)17-8(2)5-14(12)6-11(15)16/h3-4,8H,5-6H2,1-2H3,(H,15,16). The SMILES string of the molecule is Cc1cc(Cl)c2c(c1)SC(C)CN2CC(=O)O. The molecule has 2 rings (SSSR count). The fourth-order valence-electron chi connectivity index (χ4n) is 2.06. The summed E-state index contributed by atoms with van der Waals surface area (Å²) in [5.41, 5.74) is 1.97. The van der Waals surface area contributed by atoms with E-state index in [4.69, 9.17) is 16.7 Å². The minimum atomic E-state index is -0.827. The lowest BCUT2D eigenvalue weighted by molar-refractivity contribution is -0.135. The molecule has 1 unspecified atom stereocenters. The van der Waals surface area contributed by atoms with Crippen LogP contribution in [0.25, 0.3) is 0 Å². The number of thioether (sulfide) groups is 1. The molecule has 0 aliphatic carbocycles. The Labute approximate surface area is 110 Å². The van der Waals surface area contributed by atoms with Crippen LogP contribution in [0.5, 0.6) is 0 Å². The van der Waals surface area contributed by atoms with Crippen molar-refractivity contribution in [3.63, 3.8) is 0 Å². The normalized spacial score (nSPS) is 19.0. The van der Waals surface area contributed by atoms with E-state index < -0.39 is 5.97 Å². The Hall–Kier alpha value is -0.870. The first kappa shape index (κ1) is 12.6. The number of benzene rings is 1. The van der Waals surface area contributed by atoms with Crippen LogP contribution in [0.15, 0.2) is 17.0 Å². The second kappa shape index (κ2) is 4.78. The lowest BCUT2D eigenvalue weighted by Crippen LogP contribution is -2.37. The zero-order chi connectivity index (χ0) is 12.6. The Kier molecular flexibility index (Phi) is 3.54. The molecule has 3 nitrogen and oxygen atoms in total. The van der Waals surface area contributed by atoms with Gasteiger partial charge in [-0.15, -0.1) is 11.8 Å². The average Bonchev–Trinajstić information content (AvgIpc) is 2.13. The van der Waals surface area contributed by atoms with E-state index >= 15 is 0 Å². The van der Waals surface area contributed by atoms with Crippen molar-refractivity contribution < 1.29 is 9.90 Å². The summed E-state index contributed by atoms with van der Waals surface area (Å²) in [7, 11) is 0. The number of hydrogen-bond acceptors (Lipinski definition) is 3. The quantitative estimate of drug-likeness (QED) is 0.898. The first-order valence-electron chi connectivity index (χ1n) is 5.41. The number of hydrogen-bond donors (Lipinski definition) is 1. The van der Waals surface area contributed by atoms with E-state index in [-0.39, 0.29) is 6.54 Å². The third-order valence-corrected chi connectivity index (χ3v) is 4.03. The van der Waals surface area contributed by atoms with Gasteiger partial charge in [0.25, 0.3) is 0 Å². The number of rotatable bonds is 2. The Morgan fingerprint density at radius 1 is 1.65 bits per heavy atom. The van der Waals surface area contributed by atoms with Crippen molar-refractivity contribution >= 4 is 35.0 Å². The van der Waals surface area contributed by atoms with E-state index in [9.17, 15) is 4.79 Å². The van der Waals surface area contributed by atoms with Crippen molar-refractivity contribution in [1.82, 2.24) is 0 Å². The van der Waals surface area contributed by atoms with Gasteiger partial charge in [0, 0.05) is 16.7 Å². The molecule has 0 amide bonds. The maximum Gasteiger partial charge on any atom is 0.323 e. The summed E-state index contributed by atoms with van der Waals surface area (Å²) in [6, 6.07) is 3.95. The molecule has 1 aliphatic heterocycles. The molecule has 0 saturated carbocycles. The highest BCUT2D eigenvalue weighted by Gasteiger charge is 2.26. The molecule has 0 bridgehead atoms. The van der Waals surface area contributed by atoms with Crippen molar-refractivity contribution in [2.75, 3.05) is 18.0 Å². The van der Waals surface area contributed by atoms with Crippen molar-refractivity contribution in [2.24, 2.45) is 0 Å². The number of carbonyl (C=O) groups is 1. The monoisotopic (exact) mass is 271 g/mol. The molecule has 17 heavy (non-hydrogen) atoms. The molecule has 5 heteroatoms. The fraction of sp³-hybridized carbons (Fsp3) is 0.417. The molecule has 0 aromatic heterocycles. The molecule has 1 aliphatic rings. The van der Waals surface area contributed by atoms with Gasteiger partial charge in [-0.1, -0.05) is 18.5 Å². The Bertz CT molecular complexity index is 464. The summed E-state index contributed by atoms with van der Waals surface area (Å²) < 4.78 is 0. The van der Waals surface area contributed by atoms with Gasteiger partial charge in [0.2, 0.25) is 0 Å². The third-order valence-electron chi connectivity index (χ3n) is 2.62. The molecule has 0 saturated heterocycles. The van der Waals surface area contributed by atoms with E-state index in [0.29, 0.717) is 16.8 Å². The smallest absolute Gasteiger partial charge is 0.323 e. The highest BCUT2D eigenvalue weighted by molar-refractivity contribution is 8.00. The molecule has 0 fully saturated rings. The number of aliphatic carboxylic acids is 1. The van der Waals surface area contributed by atoms with E-state index in [2.05, 4.69) is 13.0 Å². The van der Waals surface area contributed by atoms with Crippen LogP contribution >= 0.6 is 23.4 Å². The van der Waals surface area contributed by atoms with Gasteiger partial charge in [0.1, 0.15) is 6.54 Å². The van der Waals surface area contributed by atoms with Crippen molar-refractivity contribution in [2.45, 2.75) is 24.0 Å². The Morgan fingerprint density at radius 2 is 2.35 bits per heavy atom. The maximum absolute atomic E-state index is 10.9. The minimum absolute atomic E-state index is 0.000676. The van der Waals surface area contributed by atoms with Crippen LogP contribution < -0.4 is 4.90 Å². The number of halogens is 1. The van der Waals surface area contributed by atoms with Gasteiger partial charge >= 0.3 is 5.97 Å². The zero-order valence-corrected chi connectivity index (χ0v) is 11.3. The number of aryl methyl sites for hydroxylation is 1. The van der Waals surface area contributed by atoms with Crippen LogP contribution in [-0.2, 0) is 4.79 Å². The molecule has 1 atom stereocenters. The highest BCUT2D eigenvalue weighted by atomic mass is 35.5. The molecule has 1 heterocycles. The summed E-state index contributed by atoms with van der Waals surface area (Å²) in [4.78, 5) is 13.8. The van der Waals surface area contributed by atoms with Crippen LogP contribution in [0.2, 0.25) is 5.02 Å². The molecular weight excluding hydrogens is 258 g/mol. The summed E-state index contributed by atoms with van der Waals surface area (Å²) in [5, 5.41) is 9.95. The van der Waals surface area contributed by atoms with Gasteiger partial charge in [-0.25, -0.2) is 0 Å². The summed E-state index contributed by atoms with van der Waals surface area (Å²) in [5.74, 6) is -0.827. The molecule has 1 aromatic carbocycles. The van der Waals surface area contributed by atoms with Gasteiger partial charge in [-0.2, -0.15) is 0 Å². The number of carboxylic acid groups (broad SMARTS) is 1. The third kappa shape index (κ3) is 2.69. The fourth-order valence-corrected chi connectivity index (χ4v) is 3.80. The van der Waals surface area contributed by atoms with E-state index in [1.807, 2.05) is 17.9 Å². The predicted molar refractivity (Wildman–Crippen MR) is 71.4 cm³/mol. The number of nitrogens with zero attached hydrogens (tertiary/aromatic N) is 1. The van der Waals surface area contributed by atoms with Crippen molar-refractivity contribution in [1.29, 1.82) is 0 Å². The second-order valence-corrected chi connectivity index (χ2v) is 6.18. The predicted octanol–water partition coefficient (Wildman–Crippen LogP) is 3.03. The number of fused-ring (bicyclic) bond motifs is 1. The van der Waals surface area contributed by atoms with Gasteiger partial charge in [0.15, 0.2) is 0 Å². The van der Waals surface area contributed by atoms with Gasteiger partial charge in [0.05, 0.1) is 10.7 Å². The van der Waals surface area contributed by atoms with Gasteiger partial charge < -0.3 is 10.0 Å². The van der Waals surface area contributed by atoms with E-state index in [1.165, 1.54) is 0 Å². The molecule has 1 aromatic rings. The largest absolute Gasteiger partial charge is 0.480 e. The summed E-state index contributed by atoms with van der Waals surface area (Å²) >= 11 is 7.98. The lowest BCUT2D eigenvalue weighted by Gasteiger charge is -2.34. The molecular formula is C12H14ClNO2S. The zero-order valence-electron chi connectivity index (χ0n) is 9.74. The Balaban J connectivity index is 2.44. The van der Waals surface area contributed by atoms with Crippen LogP contribution in [0.3, 0.4) is 0 Å². The van der Waals surface area contributed by atoms with Crippen LogP contribution in [0.4, 0.5) is 5.69 Å². The lowest BCUT2D eigenvalue weighted by atomic mass is 10.2. The van der Waals surface area contributed by atoms with Gasteiger partial charge in [-0.05, 0) is 24.6 Å². The molecule has 1 N–H and O–H groups in total. The van der Waals surface area contributed by atoms with Crippen molar-refractivity contribution in [3.05, 3.63) is 22.7 Å². The molecule has 0 radical (unpaired) electrons. The first-order chi connectivity index (χ1) is 7.97. The van der Waals surface area contributed by atoms with Crippen LogP contribution in [-0.4, -0.2) is 29.4 Å². The topological polar surface area (TPSA) is 40.5 Å².